The fourth-order valence-corrected chi connectivity index (χ4v) is 2.13. The summed E-state index contributed by atoms with van der Waals surface area (Å²) < 4.78 is 14.0. The van der Waals surface area contributed by atoms with Crippen LogP contribution in [0.15, 0.2) is 42.5 Å². The molecule has 88 valence electrons. The van der Waals surface area contributed by atoms with Crippen LogP contribution >= 0.6 is 0 Å². The second-order valence-electron chi connectivity index (χ2n) is 4.73. The van der Waals surface area contributed by atoms with Crippen molar-refractivity contribution in [3.05, 3.63) is 59.4 Å². The summed E-state index contributed by atoms with van der Waals surface area (Å²) in [6.45, 7) is 6.21. The van der Waals surface area contributed by atoms with Gasteiger partial charge in [0.15, 0.2) is 0 Å². The normalized spacial score (nSPS) is 10.9. The topological polar surface area (TPSA) is 0 Å². The molecule has 0 aromatic heterocycles. The summed E-state index contributed by atoms with van der Waals surface area (Å²) in [6, 6.07) is 13.3. The molecule has 1 heteroatoms. The first kappa shape index (κ1) is 11.8. The molecule has 0 saturated heterocycles. The number of rotatable bonds is 2. The van der Waals surface area contributed by atoms with E-state index >= 15 is 0 Å². The third-order valence-corrected chi connectivity index (χ3v) is 2.97. The summed E-state index contributed by atoms with van der Waals surface area (Å²) in [4.78, 5) is 0. The lowest BCUT2D eigenvalue weighted by molar-refractivity contribution is 0.627. The summed E-state index contributed by atoms with van der Waals surface area (Å²) in [5, 5.41) is 0. The van der Waals surface area contributed by atoms with Crippen LogP contribution in [0.1, 0.15) is 30.9 Å². The molecule has 0 aliphatic heterocycles. The molecule has 0 aliphatic carbocycles. The Kier molecular flexibility index (Phi) is 3.28. The zero-order valence-electron chi connectivity index (χ0n) is 10.5. The second kappa shape index (κ2) is 4.70. The minimum absolute atomic E-state index is 0.137. The lowest BCUT2D eigenvalue weighted by Crippen LogP contribution is -1.95. The van der Waals surface area contributed by atoms with Crippen molar-refractivity contribution in [2.75, 3.05) is 0 Å². The molecule has 0 aliphatic rings. The molecule has 0 radical (unpaired) electrons. The van der Waals surface area contributed by atoms with Crippen LogP contribution in [-0.4, -0.2) is 0 Å². The first-order valence-corrected chi connectivity index (χ1v) is 5.95. The number of hydrogen-bond acceptors (Lipinski definition) is 0. The minimum Gasteiger partial charge on any atom is -0.206 e. The highest BCUT2D eigenvalue weighted by molar-refractivity contribution is 5.69. The predicted molar refractivity (Wildman–Crippen MR) is 70.7 cm³/mol. The SMILES string of the molecule is Cc1cccc(-c2c(F)cccc2C(C)C)c1. The van der Waals surface area contributed by atoms with Crippen LogP contribution in [0.4, 0.5) is 4.39 Å². The summed E-state index contributed by atoms with van der Waals surface area (Å²) in [6.07, 6.45) is 0. The number of halogens is 1. The lowest BCUT2D eigenvalue weighted by atomic mass is 9.91. The van der Waals surface area contributed by atoms with Crippen molar-refractivity contribution in [1.82, 2.24) is 0 Å². The third-order valence-electron chi connectivity index (χ3n) is 2.97. The molecular weight excluding hydrogens is 211 g/mol. The van der Waals surface area contributed by atoms with E-state index in [1.165, 1.54) is 6.07 Å². The van der Waals surface area contributed by atoms with Gasteiger partial charge in [0.2, 0.25) is 0 Å². The zero-order valence-corrected chi connectivity index (χ0v) is 10.5. The predicted octanol–water partition coefficient (Wildman–Crippen LogP) is 4.92. The van der Waals surface area contributed by atoms with E-state index in [0.29, 0.717) is 5.92 Å². The van der Waals surface area contributed by atoms with Crippen LogP contribution in [0.3, 0.4) is 0 Å². The maximum Gasteiger partial charge on any atom is 0.131 e. The van der Waals surface area contributed by atoms with Crippen molar-refractivity contribution in [2.24, 2.45) is 0 Å². The summed E-state index contributed by atoms with van der Waals surface area (Å²) in [7, 11) is 0. The van der Waals surface area contributed by atoms with Crippen LogP contribution in [0.2, 0.25) is 0 Å². The lowest BCUT2D eigenvalue weighted by Gasteiger charge is -2.14. The van der Waals surface area contributed by atoms with E-state index in [-0.39, 0.29) is 5.82 Å². The second-order valence-corrected chi connectivity index (χ2v) is 4.73. The van der Waals surface area contributed by atoms with Crippen molar-refractivity contribution >= 4 is 0 Å². The van der Waals surface area contributed by atoms with E-state index in [9.17, 15) is 4.39 Å². The first-order valence-electron chi connectivity index (χ1n) is 5.95. The van der Waals surface area contributed by atoms with E-state index in [2.05, 4.69) is 13.8 Å². The van der Waals surface area contributed by atoms with Gasteiger partial charge >= 0.3 is 0 Å². The summed E-state index contributed by atoms with van der Waals surface area (Å²) >= 11 is 0. The average molecular weight is 228 g/mol. The Balaban J connectivity index is 2.65. The number of benzene rings is 2. The monoisotopic (exact) mass is 228 g/mol. The van der Waals surface area contributed by atoms with E-state index in [1.807, 2.05) is 37.3 Å². The highest BCUT2D eigenvalue weighted by Gasteiger charge is 2.12. The van der Waals surface area contributed by atoms with Gasteiger partial charge in [-0.05, 0) is 30.0 Å². The van der Waals surface area contributed by atoms with Crippen molar-refractivity contribution in [1.29, 1.82) is 0 Å². The summed E-state index contributed by atoms with van der Waals surface area (Å²) in [5.41, 5.74) is 3.93. The number of aryl methyl sites for hydroxylation is 1. The van der Waals surface area contributed by atoms with Gasteiger partial charge in [0.05, 0.1) is 0 Å². The molecule has 0 fully saturated rings. The van der Waals surface area contributed by atoms with Crippen LogP contribution in [0.5, 0.6) is 0 Å². The van der Waals surface area contributed by atoms with Gasteiger partial charge in [-0.25, -0.2) is 4.39 Å². The Morgan fingerprint density at radius 3 is 2.35 bits per heavy atom. The van der Waals surface area contributed by atoms with Gasteiger partial charge in [0, 0.05) is 5.56 Å². The molecule has 0 unspecified atom stereocenters. The van der Waals surface area contributed by atoms with Gasteiger partial charge in [-0.1, -0.05) is 55.8 Å². The maximum absolute atomic E-state index is 14.0. The van der Waals surface area contributed by atoms with Crippen LogP contribution in [0, 0.1) is 12.7 Å². The molecular formula is C16H17F. The fraction of sp³-hybridized carbons (Fsp3) is 0.250. The highest BCUT2D eigenvalue weighted by Crippen LogP contribution is 2.31. The van der Waals surface area contributed by atoms with E-state index in [1.54, 1.807) is 6.07 Å². The molecule has 2 aromatic rings. The maximum atomic E-state index is 14.0. The van der Waals surface area contributed by atoms with Gasteiger partial charge in [-0.15, -0.1) is 0 Å². The van der Waals surface area contributed by atoms with Crippen molar-refractivity contribution < 1.29 is 4.39 Å². The average Bonchev–Trinajstić information content (AvgIpc) is 2.28. The molecule has 0 spiro atoms. The molecule has 17 heavy (non-hydrogen) atoms. The van der Waals surface area contributed by atoms with Gasteiger partial charge < -0.3 is 0 Å². The third kappa shape index (κ3) is 2.38. The highest BCUT2D eigenvalue weighted by atomic mass is 19.1. The zero-order chi connectivity index (χ0) is 12.4. The largest absolute Gasteiger partial charge is 0.206 e. The van der Waals surface area contributed by atoms with E-state index < -0.39 is 0 Å². The Morgan fingerprint density at radius 1 is 1.00 bits per heavy atom. The fourth-order valence-electron chi connectivity index (χ4n) is 2.13. The molecule has 0 N–H and O–H groups in total. The smallest absolute Gasteiger partial charge is 0.131 e. The van der Waals surface area contributed by atoms with Crippen LogP contribution in [0.25, 0.3) is 11.1 Å². The quantitative estimate of drug-likeness (QED) is 0.684. The Labute approximate surface area is 102 Å². The van der Waals surface area contributed by atoms with Gasteiger partial charge in [0.1, 0.15) is 5.82 Å². The molecule has 0 amide bonds. The van der Waals surface area contributed by atoms with E-state index in [4.69, 9.17) is 0 Å². The molecule has 0 bridgehead atoms. The molecule has 2 rings (SSSR count). The Morgan fingerprint density at radius 2 is 1.71 bits per heavy atom. The van der Waals surface area contributed by atoms with E-state index in [0.717, 1.165) is 22.3 Å². The van der Waals surface area contributed by atoms with Crippen molar-refractivity contribution in [3.8, 4) is 11.1 Å². The van der Waals surface area contributed by atoms with Gasteiger partial charge in [-0.2, -0.15) is 0 Å². The Bertz CT molecular complexity index is 527. The number of hydrogen-bond donors (Lipinski definition) is 0. The molecule has 0 heterocycles. The first-order chi connectivity index (χ1) is 8.09. The van der Waals surface area contributed by atoms with Crippen LogP contribution < -0.4 is 0 Å². The molecule has 0 atom stereocenters. The summed E-state index contributed by atoms with van der Waals surface area (Å²) in [5.74, 6) is 0.183. The minimum atomic E-state index is -0.137. The molecule has 0 saturated carbocycles. The van der Waals surface area contributed by atoms with Gasteiger partial charge in [-0.3, -0.25) is 0 Å². The molecule has 2 aromatic carbocycles. The Hall–Kier alpha value is -1.63. The van der Waals surface area contributed by atoms with Crippen LogP contribution in [-0.2, 0) is 0 Å². The standard InChI is InChI=1S/C16H17F/c1-11(2)14-8-5-9-15(17)16(14)13-7-4-6-12(3)10-13/h4-11H,1-3H3. The molecule has 0 nitrogen and oxygen atoms in total. The van der Waals surface area contributed by atoms with Crippen molar-refractivity contribution in [3.63, 3.8) is 0 Å². The van der Waals surface area contributed by atoms with Crippen molar-refractivity contribution in [2.45, 2.75) is 26.7 Å². The van der Waals surface area contributed by atoms with Gasteiger partial charge in [0.25, 0.3) is 0 Å².